The number of carboxylic acids is 1. The van der Waals surface area contributed by atoms with E-state index in [1.165, 1.54) is 35.1 Å². The first-order chi connectivity index (χ1) is 17.8. The number of nitrogens with one attached hydrogen (secondary N) is 2. The number of nitrogens with two attached hydrogens (primary N) is 1. The van der Waals surface area contributed by atoms with Crippen molar-refractivity contribution in [2.75, 3.05) is 31.0 Å². The lowest BCUT2D eigenvalue weighted by atomic mass is 10.0. The van der Waals surface area contributed by atoms with E-state index in [1.54, 1.807) is 12.4 Å². The average Bonchev–Trinajstić information content (AvgIpc) is 3.50. The second kappa shape index (κ2) is 9.95. The zero-order valence-corrected chi connectivity index (χ0v) is 21.9. The Labute approximate surface area is 222 Å². The minimum absolute atomic E-state index is 0.144. The number of amides is 2. The SMILES string of the molecule is CNc1nc2c[n+](CC3=C(C(=O)[O-])N4C(=O)C(NC(=O)/C(=N/OC)c5csc(N)n5)[C@H]4SC3)ccc2s1. The Morgan fingerprint density at radius 2 is 2.22 bits per heavy atom. The number of thioether (sulfide) groups is 1. The van der Waals surface area contributed by atoms with Crippen LogP contribution in [0.3, 0.4) is 0 Å². The van der Waals surface area contributed by atoms with Crippen molar-refractivity contribution in [3.63, 3.8) is 0 Å². The molecule has 3 aromatic rings. The number of oxime groups is 1. The lowest BCUT2D eigenvalue weighted by molar-refractivity contribution is -0.687. The summed E-state index contributed by atoms with van der Waals surface area (Å²) in [7, 11) is 3.07. The van der Waals surface area contributed by atoms with Gasteiger partial charge in [0.25, 0.3) is 11.8 Å². The third-order valence-corrected chi connectivity index (χ3v) is 8.73. The molecule has 16 heteroatoms. The van der Waals surface area contributed by atoms with Crippen molar-refractivity contribution < 1.29 is 28.9 Å². The first kappa shape index (κ1) is 24.9. The standard InChI is InChI=1S/C21H20N8O5S3/c1-23-21-25-10-6-28(4-3-12(10)37-21)5-9-7-35-18-14(17(31)29(18)15(9)19(32)33)26-16(30)13(27-34-2)11-8-36-20(22)24-11/h3-4,6,8,14,18H,5,7H2,1-2H3,(H4-,22,23,24,25,26,30,32,33)/b27-13+/t14?,18-/m1/s1. The molecule has 0 bridgehead atoms. The summed E-state index contributed by atoms with van der Waals surface area (Å²) in [5.41, 5.74) is 6.82. The van der Waals surface area contributed by atoms with Gasteiger partial charge < -0.3 is 31.1 Å². The van der Waals surface area contributed by atoms with Crippen molar-refractivity contribution in [2.24, 2.45) is 5.16 Å². The van der Waals surface area contributed by atoms with Crippen LogP contribution < -0.4 is 26.0 Å². The fourth-order valence-electron chi connectivity index (χ4n) is 4.04. The molecule has 0 saturated carbocycles. The number of carbonyl (C=O) groups is 3. The number of rotatable bonds is 8. The zero-order valence-electron chi connectivity index (χ0n) is 19.5. The van der Waals surface area contributed by atoms with E-state index in [2.05, 4.69) is 25.8 Å². The highest BCUT2D eigenvalue weighted by Gasteiger charge is 2.53. The molecule has 37 heavy (non-hydrogen) atoms. The largest absolute Gasteiger partial charge is 0.543 e. The summed E-state index contributed by atoms with van der Waals surface area (Å²) >= 11 is 3.98. The quantitative estimate of drug-likeness (QED) is 0.136. The van der Waals surface area contributed by atoms with Gasteiger partial charge in [0.15, 0.2) is 34.9 Å². The summed E-state index contributed by atoms with van der Waals surface area (Å²) in [5.74, 6) is -2.37. The number of thiazole rings is 2. The van der Waals surface area contributed by atoms with Gasteiger partial charge in [-0.15, -0.1) is 23.1 Å². The molecule has 5 rings (SSSR count). The molecule has 0 spiro atoms. The summed E-state index contributed by atoms with van der Waals surface area (Å²) in [4.78, 5) is 52.5. The topological polar surface area (TPSA) is 179 Å². The molecule has 0 aliphatic carbocycles. The van der Waals surface area contributed by atoms with Crippen LogP contribution >= 0.6 is 34.4 Å². The van der Waals surface area contributed by atoms with Crippen LogP contribution in [-0.4, -0.2) is 69.7 Å². The lowest BCUT2D eigenvalue weighted by Crippen LogP contribution is -2.71. The monoisotopic (exact) mass is 560 g/mol. The smallest absolute Gasteiger partial charge is 0.276 e. The highest BCUT2D eigenvalue weighted by molar-refractivity contribution is 8.00. The van der Waals surface area contributed by atoms with Gasteiger partial charge in [0.05, 0.1) is 16.4 Å². The number of aromatic nitrogens is 3. The number of aliphatic carboxylic acids is 1. The van der Waals surface area contributed by atoms with Crippen LogP contribution in [0.4, 0.5) is 10.3 Å². The molecule has 2 atom stereocenters. The first-order valence-electron chi connectivity index (χ1n) is 10.8. The summed E-state index contributed by atoms with van der Waals surface area (Å²) < 4.78 is 2.80. The second-order valence-corrected chi connectivity index (χ2v) is 11.0. The van der Waals surface area contributed by atoms with E-state index in [-0.39, 0.29) is 28.8 Å². The molecule has 2 aliphatic rings. The van der Waals surface area contributed by atoms with Crippen LogP contribution in [0.25, 0.3) is 10.2 Å². The number of hydrogen-bond donors (Lipinski definition) is 3. The minimum Gasteiger partial charge on any atom is -0.543 e. The predicted octanol–water partition coefficient (Wildman–Crippen LogP) is -0.881. The van der Waals surface area contributed by atoms with Crippen molar-refractivity contribution in [1.82, 2.24) is 20.2 Å². The van der Waals surface area contributed by atoms with Crippen molar-refractivity contribution >= 4 is 78.4 Å². The summed E-state index contributed by atoms with van der Waals surface area (Å²) in [5, 5.41) is 23.4. The maximum Gasteiger partial charge on any atom is 0.276 e. The Morgan fingerprint density at radius 1 is 1.41 bits per heavy atom. The van der Waals surface area contributed by atoms with Crippen molar-refractivity contribution in [1.29, 1.82) is 0 Å². The minimum atomic E-state index is -1.45. The third kappa shape index (κ3) is 4.58. The van der Waals surface area contributed by atoms with Crippen LogP contribution in [0.15, 0.2) is 40.3 Å². The average molecular weight is 561 g/mol. The van der Waals surface area contributed by atoms with Crippen LogP contribution in [0, 0.1) is 0 Å². The molecule has 192 valence electrons. The van der Waals surface area contributed by atoms with E-state index in [0.717, 1.165) is 26.7 Å². The second-order valence-electron chi connectivity index (χ2n) is 7.93. The van der Waals surface area contributed by atoms with E-state index in [4.69, 9.17) is 10.6 Å². The van der Waals surface area contributed by atoms with Crippen molar-refractivity contribution in [2.45, 2.75) is 18.0 Å². The third-order valence-electron chi connectivity index (χ3n) is 5.66. The normalized spacial score (nSPS) is 19.5. The Morgan fingerprint density at radius 3 is 2.89 bits per heavy atom. The molecular formula is C21H20N8O5S3. The molecule has 0 radical (unpaired) electrons. The Kier molecular flexibility index (Phi) is 6.70. The summed E-state index contributed by atoms with van der Waals surface area (Å²) in [6, 6.07) is 0.951. The number of nitrogen functional groups attached to an aromatic ring is 1. The molecule has 2 aliphatic heterocycles. The van der Waals surface area contributed by atoms with Gasteiger partial charge in [0.2, 0.25) is 0 Å². The number of carboxylic acid groups (broad SMARTS) is 1. The summed E-state index contributed by atoms with van der Waals surface area (Å²) in [6.07, 6.45) is 3.66. The Balaban J connectivity index is 1.35. The number of fused-ring (bicyclic) bond motifs is 2. The van der Waals surface area contributed by atoms with Gasteiger partial charge >= 0.3 is 0 Å². The van der Waals surface area contributed by atoms with Gasteiger partial charge in [-0.1, -0.05) is 16.5 Å². The zero-order chi connectivity index (χ0) is 26.3. The lowest BCUT2D eigenvalue weighted by Gasteiger charge is -2.50. The fraction of sp³-hybridized carbons (Fsp3) is 0.286. The number of carbonyl (C=O) groups excluding carboxylic acids is 3. The Bertz CT molecular complexity index is 1480. The van der Waals surface area contributed by atoms with E-state index in [0.29, 0.717) is 11.3 Å². The molecule has 4 N–H and O–H groups in total. The number of anilines is 2. The van der Waals surface area contributed by atoms with Crippen molar-refractivity contribution in [3.05, 3.63) is 40.8 Å². The van der Waals surface area contributed by atoms with Crippen molar-refractivity contribution in [3.8, 4) is 0 Å². The van der Waals surface area contributed by atoms with Gasteiger partial charge in [-0.3, -0.25) is 14.5 Å². The molecule has 1 unspecified atom stereocenters. The van der Waals surface area contributed by atoms with Gasteiger partial charge in [0.1, 0.15) is 29.7 Å². The van der Waals surface area contributed by atoms with E-state index in [9.17, 15) is 19.5 Å². The van der Waals surface area contributed by atoms with Gasteiger partial charge in [-0.25, -0.2) is 9.97 Å². The number of hydrogen-bond acceptors (Lipinski definition) is 13. The molecule has 1 saturated heterocycles. The Hall–Kier alpha value is -3.76. The molecule has 0 aromatic carbocycles. The predicted molar refractivity (Wildman–Crippen MR) is 136 cm³/mol. The molecule has 1 fully saturated rings. The number of β-lactam (4-membered cyclic amide) rings is 1. The molecular weight excluding hydrogens is 540 g/mol. The van der Waals surface area contributed by atoms with Gasteiger partial charge in [-0.05, 0) is 0 Å². The fourth-order valence-corrected chi connectivity index (χ4v) is 6.71. The first-order valence-corrected chi connectivity index (χ1v) is 13.5. The van der Waals surface area contributed by atoms with Crippen LogP contribution in [0.1, 0.15) is 5.69 Å². The van der Waals surface area contributed by atoms with E-state index < -0.39 is 29.2 Å². The van der Waals surface area contributed by atoms with Crippen LogP contribution in [0.2, 0.25) is 0 Å². The molecule has 13 nitrogen and oxygen atoms in total. The molecule has 3 aromatic heterocycles. The van der Waals surface area contributed by atoms with Gasteiger partial charge in [-0.2, -0.15) is 4.57 Å². The summed E-state index contributed by atoms with van der Waals surface area (Å²) in [6.45, 7) is 0.238. The number of pyridine rings is 1. The van der Waals surface area contributed by atoms with Gasteiger partial charge in [0, 0.05) is 29.8 Å². The van der Waals surface area contributed by atoms with Crippen LogP contribution in [0.5, 0.6) is 0 Å². The van der Waals surface area contributed by atoms with E-state index >= 15 is 0 Å². The number of nitrogens with zero attached hydrogens (tertiary/aromatic N) is 5. The highest BCUT2D eigenvalue weighted by Crippen LogP contribution is 2.40. The maximum absolute atomic E-state index is 13.0. The maximum atomic E-state index is 13.0. The molecule has 2 amide bonds. The van der Waals surface area contributed by atoms with Crippen LogP contribution in [-0.2, 0) is 25.8 Å². The molecule has 5 heterocycles. The van der Waals surface area contributed by atoms with E-state index in [1.807, 2.05) is 23.0 Å². The highest BCUT2D eigenvalue weighted by atomic mass is 32.2.